The van der Waals surface area contributed by atoms with Gasteiger partial charge in [-0.3, -0.25) is 9.00 Å². The lowest BCUT2D eigenvalue weighted by atomic mass is 10.00. The highest BCUT2D eigenvalue weighted by Crippen LogP contribution is 2.34. The predicted molar refractivity (Wildman–Crippen MR) is 187 cm³/mol. The summed E-state index contributed by atoms with van der Waals surface area (Å²) in [5.41, 5.74) is 5.62. The van der Waals surface area contributed by atoms with E-state index in [1.165, 1.54) is 0 Å². The summed E-state index contributed by atoms with van der Waals surface area (Å²) in [5.74, 6) is 2.04. The number of amides is 1. The third kappa shape index (κ3) is 9.62. The molecule has 0 aliphatic carbocycles. The molecule has 0 saturated heterocycles. The van der Waals surface area contributed by atoms with Crippen LogP contribution in [0.1, 0.15) is 57.4 Å². The van der Waals surface area contributed by atoms with Crippen molar-refractivity contribution < 1.29 is 22.9 Å². The fourth-order valence-electron chi connectivity index (χ4n) is 5.39. The molecule has 1 amide bonds. The minimum Gasteiger partial charge on any atom is -0.491 e. The Balaban J connectivity index is 1.28. The normalized spacial score (nSPS) is 13.6. The Morgan fingerprint density at radius 1 is 1.00 bits per heavy atom. The quantitative estimate of drug-likeness (QED) is 0.132. The third-order valence-electron chi connectivity index (χ3n) is 7.75. The zero-order valence-corrected chi connectivity index (χ0v) is 28.5. The van der Waals surface area contributed by atoms with Gasteiger partial charge in [-0.1, -0.05) is 45.4 Å². The second-order valence-corrected chi connectivity index (χ2v) is 13.5. The van der Waals surface area contributed by atoms with Crippen molar-refractivity contribution >= 4 is 34.2 Å². The van der Waals surface area contributed by atoms with Gasteiger partial charge in [-0.15, -0.1) is 10.2 Å². The number of benzene rings is 3. The number of ether oxygens (including phenoxy) is 2. The summed E-state index contributed by atoms with van der Waals surface area (Å²) in [4.78, 5) is 16.6. The van der Waals surface area contributed by atoms with Crippen LogP contribution >= 0.6 is 0 Å². The molecule has 1 aliphatic heterocycles. The number of unbranched alkanes of at least 4 members (excludes halogenated alkanes) is 1. The average Bonchev–Trinajstić information content (AvgIpc) is 3.39. The van der Waals surface area contributed by atoms with E-state index < -0.39 is 10.8 Å². The molecule has 248 valence electrons. The molecular formula is C37H44N4O5S. The minimum absolute atomic E-state index is 0.139. The molecular weight excluding hydrogens is 612 g/mol. The van der Waals surface area contributed by atoms with Crippen LogP contribution in [0.15, 0.2) is 81.6 Å². The van der Waals surface area contributed by atoms with E-state index in [0.29, 0.717) is 53.5 Å². The summed E-state index contributed by atoms with van der Waals surface area (Å²) in [6.07, 6.45) is 4.81. The number of carbonyl (C=O) groups is 1. The highest BCUT2D eigenvalue weighted by molar-refractivity contribution is 7.84. The van der Waals surface area contributed by atoms with E-state index in [1.54, 1.807) is 31.2 Å². The zero-order chi connectivity index (χ0) is 33.2. The molecule has 47 heavy (non-hydrogen) atoms. The van der Waals surface area contributed by atoms with Crippen molar-refractivity contribution in [2.45, 2.75) is 57.6 Å². The Morgan fingerprint density at radius 2 is 1.77 bits per heavy atom. The van der Waals surface area contributed by atoms with Crippen molar-refractivity contribution in [2.24, 2.45) is 5.92 Å². The van der Waals surface area contributed by atoms with Gasteiger partial charge in [0.05, 0.1) is 17.4 Å². The van der Waals surface area contributed by atoms with Gasteiger partial charge in [-0.25, -0.2) is 0 Å². The fraction of sp³-hybridized carbons (Fsp3) is 0.378. The number of aryl methyl sites for hydroxylation is 1. The predicted octanol–water partition coefficient (Wildman–Crippen LogP) is 7.44. The molecule has 0 fully saturated rings. The third-order valence-corrected chi connectivity index (χ3v) is 9.06. The largest absolute Gasteiger partial charge is 0.491 e. The molecule has 1 aromatic heterocycles. The van der Waals surface area contributed by atoms with E-state index in [9.17, 15) is 9.00 Å². The van der Waals surface area contributed by atoms with Gasteiger partial charge in [0.2, 0.25) is 11.8 Å². The first-order valence-corrected chi connectivity index (χ1v) is 17.6. The van der Waals surface area contributed by atoms with Crippen molar-refractivity contribution in [1.82, 2.24) is 10.2 Å². The van der Waals surface area contributed by atoms with Crippen LogP contribution in [0.5, 0.6) is 5.75 Å². The highest BCUT2D eigenvalue weighted by atomic mass is 32.2. The van der Waals surface area contributed by atoms with Crippen LogP contribution in [0.4, 0.5) is 11.4 Å². The SMILES string of the molecule is CCCCOCCOc1ccc(-c2ccc3c(c2)C=C(C(=O)Nc2ccc(S(=O)Cc4nnc(C)o4)cc2)CCN3CC(C)C)cc1. The summed E-state index contributed by atoms with van der Waals surface area (Å²) in [6.45, 7) is 11.8. The molecule has 4 aromatic rings. The average molecular weight is 657 g/mol. The van der Waals surface area contributed by atoms with Gasteiger partial charge in [0.15, 0.2) is 0 Å². The summed E-state index contributed by atoms with van der Waals surface area (Å²) in [5, 5.41) is 10.8. The number of aromatic nitrogens is 2. The first kappa shape index (κ1) is 34.1. The Labute approximate surface area is 279 Å². The Bertz CT molecular complexity index is 1680. The van der Waals surface area contributed by atoms with Crippen LogP contribution in [0.3, 0.4) is 0 Å². The Morgan fingerprint density at radius 3 is 2.47 bits per heavy atom. The summed E-state index contributed by atoms with van der Waals surface area (Å²) >= 11 is 0. The molecule has 0 bridgehead atoms. The van der Waals surface area contributed by atoms with Gasteiger partial charge >= 0.3 is 0 Å². The molecule has 2 heterocycles. The summed E-state index contributed by atoms with van der Waals surface area (Å²) in [7, 11) is -1.34. The second-order valence-electron chi connectivity index (χ2n) is 12.1. The minimum atomic E-state index is -1.34. The highest BCUT2D eigenvalue weighted by Gasteiger charge is 2.21. The van der Waals surface area contributed by atoms with E-state index in [-0.39, 0.29) is 11.7 Å². The molecule has 0 radical (unpaired) electrons. The first-order valence-electron chi connectivity index (χ1n) is 16.3. The van der Waals surface area contributed by atoms with Crippen molar-refractivity contribution in [1.29, 1.82) is 0 Å². The molecule has 1 atom stereocenters. The van der Waals surface area contributed by atoms with Gasteiger partial charge < -0.3 is 24.1 Å². The van der Waals surface area contributed by atoms with Gasteiger partial charge in [-0.2, -0.15) is 0 Å². The molecule has 9 nitrogen and oxygen atoms in total. The van der Waals surface area contributed by atoms with E-state index in [2.05, 4.69) is 71.5 Å². The number of carbonyl (C=O) groups excluding carboxylic acids is 1. The Hall–Kier alpha value is -4.28. The lowest BCUT2D eigenvalue weighted by molar-refractivity contribution is -0.112. The number of fused-ring (bicyclic) bond motifs is 1. The smallest absolute Gasteiger partial charge is 0.251 e. The Kier molecular flexibility index (Phi) is 12.0. The molecule has 10 heteroatoms. The summed E-state index contributed by atoms with van der Waals surface area (Å²) in [6, 6.07) is 21.6. The second kappa shape index (κ2) is 16.5. The van der Waals surface area contributed by atoms with Crippen LogP contribution in [0.2, 0.25) is 0 Å². The maximum Gasteiger partial charge on any atom is 0.251 e. The van der Waals surface area contributed by atoms with Crippen LogP contribution in [0.25, 0.3) is 17.2 Å². The van der Waals surface area contributed by atoms with E-state index in [1.807, 2.05) is 18.2 Å². The van der Waals surface area contributed by atoms with Crippen LogP contribution in [-0.2, 0) is 26.1 Å². The van der Waals surface area contributed by atoms with Crippen LogP contribution in [-0.4, -0.2) is 53.2 Å². The van der Waals surface area contributed by atoms with Crippen molar-refractivity contribution in [2.75, 3.05) is 43.1 Å². The zero-order valence-electron chi connectivity index (χ0n) is 27.7. The van der Waals surface area contributed by atoms with Crippen LogP contribution in [0, 0.1) is 12.8 Å². The maximum atomic E-state index is 13.6. The van der Waals surface area contributed by atoms with Gasteiger partial charge in [0, 0.05) is 48.5 Å². The number of rotatable bonds is 15. The first-order chi connectivity index (χ1) is 22.8. The maximum absolute atomic E-state index is 13.6. The molecule has 3 aromatic carbocycles. The topological polar surface area (TPSA) is 107 Å². The molecule has 1 aliphatic rings. The van der Waals surface area contributed by atoms with Crippen molar-refractivity contribution in [3.63, 3.8) is 0 Å². The van der Waals surface area contributed by atoms with E-state index >= 15 is 0 Å². The number of nitrogens with one attached hydrogen (secondary N) is 1. The molecule has 5 rings (SSSR count). The van der Waals surface area contributed by atoms with Crippen LogP contribution < -0.4 is 15.0 Å². The lowest BCUT2D eigenvalue weighted by Crippen LogP contribution is -2.29. The number of anilines is 2. The monoisotopic (exact) mass is 656 g/mol. The standard InChI is InChI=1S/C37H44N4O5S/c1-5-6-19-44-20-21-45-33-12-7-28(8-13-33)29-9-16-35-31(22-29)23-30(17-18-41(35)24-26(2)3)37(42)38-32-10-14-34(15-11-32)47(43)25-36-40-39-27(4)46-36/h7-16,22-23,26H,5-6,17-21,24-25H2,1-4H3,(H,38,42). The number of hydrogen-bond acceptors (Lipinski definition) is 8. The van der Waals surface area contributed by atoms with Gasteiger partial charge in [-0.05, 0) is 90.1 Å². The molecule has 1 N–H and O–H groups in total. The molecule has 0 spiro atoms. The number of nitrogens with zero attached hydrogens (tertiary/aromatic N) is 3. The van der Waals surface area contributed by atoms with Gasteiger partial charge in [0.1, 0.15) is 18.1 Å². The molecule has 0 saturated carbocycles. The molecule has 1 unspecified atom stereocenters. The number of hydrogen-bond donors (Lipinski definition) is 1. The van der Waals surface area contributed by atoms with E-state index in [4.69, 9.17) is 13.9 Å². The van der Waals surface area contributed by atoms with Crippen molar-refractivity contribution in [3.05, 3.63) is 89.6 Å². The van der Waals surface area contributed by atoms with Crippen molar-refractivity contribution in [3.8, 4) is 16.9 Å². The summed E-state index contributed by atoms with van der Waals surface area (Å²) < 4.78 is 29.6. The van der Waals surface area contributed by atoms with Gasteiger partial charge in [0.25, 0.3) is 5.91 Å². The fourth-order valence-corrected chi connectivity index (χ4v) is 6.33. The van der Waals surface area contributed by atoms with E-state index in [0.717, 1.165) is 60.7 Å². The lowest BCUT2D eigenvalue weighted by Gasteiger charge is -2.27.